The molecule has 23 heavy (non-hydrogen) atoms. The van der Waals surface area contributed by atoms with Gasteiger partial charge in [-0.05, 0) is 88.0 Å². The Balaban J connectivity index is 2.55. The van der Waals surface area contributed by atoms with E-state index in [1.54, 1.807) is 0 Å². The minimum Gasteiger partial charge on any atom is -0.478 e. The summed E-state index contributed by atoms with van der Waals surface area (Å²) >= 11 is 12.9. The second-order valence-electron chi connectivity index (χ2n) is 4.27. The predicted octanol–water partition coefficient (Wildman–Crippen LogP) is 5.83. The molecule has 1 amide bonds. The zero-order chi connectivity index (χ0) is 17.3. The van der Waals surface area contributed by atoms with E-state index in [0.29, 0.717) is 14.6 Å². The number of amides is 1. The number of rotatable bonds is 3. The molecule has 0 heterocycles. The molecule has 0 saturated heterocycles. The van der Waals surface area contributed by atoms with E-state index in [9.17, 15) is 19.1 Å². The lowest BCUT2D eigenvalue weighted by Crippen LogP contribution is -2.18. The fraction of sp³-hybridized carbons (Fsp3) is 0. The van der Waals surface area contributed by atoms with Crippen molar-refractivity contribution < 1.29 is 19.1 Å². The second-order valence-corrected chi connectivity index (χ2v) is 7.44. The Morgan fingerprint density at radius 2 is 1.35 bits per heavy atom. The quantitative estimate of drug-likeness (QED) is 0.358. The molecule has 0 aliphatic rings. The Labute approximate surface area is 164 Å². The van der Waals surface area contributed by atoms with Crippen LogP contribution in [0, 0.1) is 5.82 Å². The fourth-order valence-corrected chi connectivity index (χ4v) is 4.24. The summed E-state index contributed by atoms with van der Waals surface area (Å²) in [7, 11) is 0. The molecule has 9 heteroatoms. The first-order valence-electron chi connectivity index (χ1n) is 5.90. The highest BCUT2D eigenvalue weighted by Gasteiger charge is 2.27. The molecule has 2 rings (SSSR count). The van der Waals surface area contributed by atoms with Crippen molar-refractivity contribution in [3.63, 3.8) is 0 Å². The van der Waals surface area contributed by atoms with Gasteiger partial charge in [0, 0.05) is 23.6 Å². The summed E-state index contributed by atoms with van der Waals surface area (Å²) in [6.45, 7) is 0. The summed E-state index contributed by atoms with van der Waals surface area (Å²) in [5.74, 6) is -2.35. The van der Waals surface area contributed by atoms with Gasteiger partial charge in [-0.1, -0.05) is 0 Å². The number of carboxylic acids is 1. The highest BCUT2D eigenvalue weighted by atomic mass is 79.9. The third-order valence-corrected chi connectivity index (χ3v) is 7.58. The molecule has 0 unspecified atom stereocenters. The minimum atomic E-state index is -1.27. The van der Waals surface area contributed by atoms with Crippen LogP contribution in [0.25, 0.3) is 0 Å². The van der Waals surface area contributed by atoms with E-state index < -0.39 is 17.7 Å². The molecule has 0 atom stereocenters. The lowest BCUT2D eigenvalue weighted by atomic mass is 10.1. The third kappa shape index (κ3) is 3.84. The maximum Gasteiger partial charge on any atom is 0.337 e. The van der Waals surface area contributed by atoms with E-state index in [1.165, 1.54) is 24.3 Å². The van der Waals surface area contributed by atoms with Gasteiger partial charge in [-0.15, -0.1) is 0 Å². The van der Waals surface area contributed by atoms with E-state index >= 15 is 0 Å². The van der Waals surface area contributed by atoms with Crippen LogP contribution >= 0.6 is 63.7 Å². The van der Waals surface area contributed by atoms with Crippen molar-refractivity contribution in [1.29, 1.82) is 0 Å². The van der Waals surface area contributed by atoms with Crippen LogP contribution in [-0.2, 0) is 0 Å². The number of halogens is 5. The first kappa shape index (κ1) is 18.6. The van der Waals surface area contributed by atoms with E-state index in [4.69, 9.17) is 0 Å². The number of benzene rings is 2. The summed E-state index contributed by atoms with van der Waals surface area (Å²) in [4.78, 5) is 24.0. The summed E-state index contributed by atoms with van der Waals surface area (Å²) in [6.07, 6.45) is 0. The Morgan fingerprint density at radius 3 is 1.83 bits per heavy atom. The zero-order valence-electron chi connectivity index (χ0n) is 11.0. The molecule has 0 radical (unpaired) electrons. The molecular formula is C14H6Br4FNO3. The smallest absolute Gasteiger partial charge is 0.337 e. The van der Waals surface area contributed by atoms with E-state index in [0.717, 1.165) is 0 Å². The zero-order valence-corrected chi connectivity index (χ0v) is 17.3. The number of hydrogen-bond donors (Lipinski definition) is 2. The Hall–Kier alpha value is -0.770. The van der Waals surface area contributed by atoms with Crippen LogP contribution in [0.3, 0.4) is 0 Å². The van der Waals surface area contributed by atoms with Crippen molar-refractivity contribution in [2.24, 2.45) is 0 Å². The van der Waals surface area contributed by atoms with Crippen LogP contribution in [0.15, 0.2) is 42.2 Å². The average Bonchev–Trinajstić information content (AvgIpc) is 2.50. The minimum absolute atomic E-state index is 0.0659. The third-order valence-electron chi connectivity index (χ3n) is 2.81. The Kier molecular flexibility index (Phi) is 5.99. The van der Waals surface area contributed by atoms with Gasteiger partial charge in [0.2, 0.25) is 0 Å². The summed E-state index contributed by atoms with van der Waals surface area (Å²) in [6, 6.07) is 5.14. The van der Waals surface area contributed by atoms with Crippen LogP contribution in [0.4, 0.5) is 10.1 Å². The van der Waals surface area contributed by atoms with E-state index in [2.05, 4.69) is 69.0 Å². The van der Waals surface area contributed by atoms with Crippen LogP contribution in [0.2, 0.25) is 0 Å². The molecule has 0 aliphatic carbocycles. The number of aromatic carboxylic acids is 1. The lowest BCUT2D eigenvalue weighted by Gasteiger charge is -2.14. The monoisotopic (exact) mass is 571 g/mol. The van der Waals surface area contributed by atoms with Gasteiger partial charge in [0.15, 0.2) is 0 Å². The molecule has 2 aromatic rings. The molecule has 2 aromatic carbocycles. The molecule has 2 N–H and O–H groups in total. The highest BCUT2D eigenvalue weighted by Crippen LogP contribution is 2.42. The average molecular weight is 575 g/mol. The van der Waals surface area contributed by atoms with Crippen molar-refractivity contribution in [1.82, 2.24) is 0 Å². The summed E-state index contributed by atoms with van der Waals surface area (Å²) in [5, 5.41) is 12.0. The van der Waals surface area contributed by atoms with Gasteiger partial charge >= 0.3 is 5.97 Å². The first-order valence-corrected chi connectivity index (χ1v) is 9.07. The normalized spacial score (nSPS) is 10.5. The predicted molar refractivity (Wildman–Crippen MR) is 98.6 cm³/mol. The largest absolute Gasteiger partial charge is 0.478 e. The molecule has 0 bridgehead atoms. The van der Waals surface area contributed by atoms with E-state index in [1.807, 2.05) is 0 Å². The molecule has 0 aliphatic heterocycles. The molecule has 0 spiro atoms. The van der Waals surface area contributed by atoms with Gasteiger partial charge in [0.25, 0.3) is 5.91 Å². The number of hydrogen-bond acceptors (Lipinski definition) is 2. The number of nitrogens with one attached hydrogen (secondary N) is 1. The number of carboxylic acid groups (broad SMARTS) is 1. The van der Waals surface area contributed by atoms with Crippen LogP contribution < -0.4 is 5.32 Å². The molecule has 0 fully saturated rings. The molecule has 0 saturated carbocycles. The van der Waals surface area contributed by atoms with E-state index in [-0.39, 0.29) is 20.1 Å². The molecular weight excluding hydrogens is 569 g/mol. The Morgan fingerprint density at radius 1 is 0.870 bits per heavy atom. The summed E-state index contributed by atoms with van der Waals surface area (Å²) < 4.78 is 14.4. The van der Waals surface area contributed by atoms with Crippen LogP contribution in [-0.4, -0.2) is 17.0 Å². The maximum atomic E-state index is 12.9. The van der Waals surface area contributed by atoms with Gasteiger partial charge in [-0.25, -0.2) is 9.18 Å². The maximum absolute atomic E-state index is 12.9. The molecule has 4 nitrogen and oxygen atoms in total. The van der Waals surface area contributed by atoms with Gasteiger partial charge in [0.05, 0.1) is 11.1 Å². The summed E-state index contributed by atoms with van der Waals surface area (Å²) in [5.41, 5.74) is 0.0742. The standard InChI is InChI=1S/C14H6Br4FNO3/c15-9-7(8(14(22)23)10(16)12(18)11(9)17)13(21)20-6-3-1-5(19)2-4-6/h1-4H,(H,20,21)(H,22,23). The number of anilines is 1. The van der Waals surface area contributed by atoms with Gasteiger partial charge in [-0.2, -0.15) is 0 Å². The van der Waals surface area contributed by atoms with Crippen molar-refractivity contribution in [2.45, 2.75) is 0 Å². The Bertz CT molecular complexity index is 809. The number of carbonyl (C=O) groups excluding carboxylic acids is 1. The molecule has 0 aromatic heterocycles. The van der Waals surface area contributed by atoms with Crippen molar-refractivity contribution in [3.05, 3.63) is 59.1 Å². The lowest BCUT2D eigenvalue weighted by molar-refractivity contribution is 0.0691. The van der Waals surface area contributed by atoms with Gasteiger partial charge in [-0.3, -0.25) is 4.79 Å². The molecule has 120 valence electrons. The highest BCUT2D eigenvalue weighted by molar-refractivity contribution is 9.15. The van der Waals surface area contributed by atoms with Gasteiger partial charge in [0.1, 0.15) is 5.82 Å². The van der Waals surface area contributed by atoms with Crippen molar-refractivity contribution in [3.8, 4) is 0 Å². The number of carbonyl (C=O) groups is 2. The van der Waals surface area contributed by atoms with Crippen LogP contribution in [0.5, 0.6) is 0 Å². The topological polar surface area (TPSA) is 66.4 Å². The fourth-order valence-electron chi connectivity index (χ4n) is 1.77. The van der Waals surface area contributed by atoms with Gasteiger partial charge < -0.3 is 10.4 Å². The van der Waals surface area contributed by atoms with Crippen molar-refractivity contribution in [2.75, 3.05) is 5.32 Å². The van der Waals surface area contributed by atoms with Crippen molar-refractivity contribution >= 4 is 81.3 Å². The second kappa shape index (κ2) is 7.42. The SMILES string of the molecule is O=C(O)c1c(Br)c(Br)c(Br)c(Br)c1C(=O)Nc1ccc(F)cc1. The first-order chi connectivity index (χ1) is 10.7. The van der Waals surface area contributed by atoms with Crippen LogP contribution in [0.1, 0.15) is 20.7 Å².